The van der Waals surface area contributed by atoms with E-state index in [0.717, 1.165) is 5.57 Å². The van der Waals surface area contributed by atoms with E-state index in [-0.39, 0.29) is 6.15 Å². The van der Waals surface area contributed by atoms with Gasteiger partial charge in [0.2, 0.25) is 0 Å². The van der Waals surface area contributed by atoms with Gasteiger partial charge in [-0.15, -0.1) is 0 Å². The number of allylic oxidation sites excluding steroid dienone is 2. The van der Waals surface area contributed by atoms with Crippen molar-refractivity contribution in [3.8, 4) is 0 Å². The van der Waals surface area contributed by atoms with Crippen molar-refractivity contribution in [2.45, 2.75) is 13.8 Å². The number of nitrogens with two attached hydrogens (primary N) is 1. The third-order valence-electron chi connectivity index (χ3n) is 2.25. The topological polar surface area (TPSA) is 61.0 Å². The average Bonchev–Trinajstić information content (AvgIpc) is 2.27. The number of benzene rings is 2. The van der Waals surface area contributed by atoms with Gasteiger partial charge in [-0.05, 0) is 35.9 Å². The smallest absolute Gasteiger partial charge is 0.00242 e. The Bertz CT molecular complexity index is 532. The molecule has 0 unspecified atom stereocenters. The summed E-state index contributed by atoms with van der Waals surface area (Å²) in [7, 11) is 0. The second kappa shape index (κ2) is 7.30. The van der Waals surface area contributed by atoms with Crippen LogP contribution in [0.3, 0.4) is 0 Å². The van der Waals surface area contributed by atoms with Crippen molar-refractivity contribution in [1.82, 2.24) is 6.15 Å². The highest BCUT2D eigenvalue weighted by molar-refractivity contribution is 5.92. The van der Waals surface area contributed by atoms with E-state index in [1.165, 1.54) is 16.3 Å². The fourth-order valence-corrected chi connectivity index (χ4v) is 1.60. The van der Waals surface area contributed by atoms with Crippen LogP contribution in [0.2, 0.25) is 0 Å². The van der Waals surface area contributed by atoms with Crippen LogP contribution in [0.4, 0.5) is 0 Å². The number of fused-ring (bicyclic) bond motifs is 1. The van der Waals surface area contributed by atoms with E-state index in [9.17, 15) is 0 Å². The summed E-state index contributed by atoms with van der Waals surface area (Å²) >= 11 is 0. The SMILES string of the molecule is C=C(C)N.C=C(C)c1cccc2ccccc12.N. The lowest BCUT2D eigenvalue weighted by atomic mass is 10.0. The highest BCUT2D eigenvalue weighted by atomic mass is 14.5. The first-order chi connectivity index (χ1) is 8.02. The van der Waals surface area contributed by atoms with Gasteiger partial charge >= 0.3 is 0 Å². The first-order valence-electron chi connectivity index (χ1n) is 5.57. The fourth-order valence-electron chi connectivity index (χ4n) is 1.60. The van der Waals surface area contributed by atoms with Crippen LogP contribution in [-0.2, 0) is 0 Å². The molecule has 2 heteroatoms. The standard InChI is InChI=1S/C13H12.C3H7N.H3N/c1-10(2)12-9-5-7-11-6-3-4-8-13(11)12;1-3(2)4;/h3-9H,1H2,2H3;1,4H2,2H3;1H3. The van der Waals surface area contributed by atoms with Crippen LogP contribution in [0.1, 0.15) is 19.4 Å². The quantitative estimate of drug-likeness (QED) is 0.772. The second-order valence-electron chi connectivity index (χ2n) is 4.15. The van der Waals surface area contributed by atoms with Gasteiger partial charge in [0.05, 0.1) is 0 Å². The van der Waals surface area contributed by atoms with Crippen LogP contribution in [0.25, 0.3) is 16.3 Å². The Balaban J connectivity index is 0.000000512. The van der Waals surface area contributed by atoms with Gasteiger partial charge in [-0.3, -0.25) is 0 Å². The molecule has 2 aromatic rings. The molecule has 18 heavy (non-hydrogen) atoms. The molecule has 5 N–H and O–H groups in total. The predicted octanol–water partition coefficient (Wildman–Crippen LogP) is 4.51. The molecule has 0 aliphatic rings. The van der Waals surface area contributed by atoms with Gasteiger partial charge in [-0.2, -0.15) is 0 Å². The Kier molecular flexibility index (Phi) is 6.47. The summed E-state index contributed by atoms with van der Waals surface area (Å²) < 4.78 is 0. The van der Waals surface area contributed by atoms with E-state index in [0.29, 0.717) is 5.70 Å². The molecule has 0 spiro atoms. The Morgan fingerprint density at radius 3 is 2.00 bits per heavy atom. The van der Waals surface area contributed by atoms with E-state index in [4.69, 9.17) is 5.73 Å². The molecule has 0 aliphatic carbocycles. The lowest BCUT2D eigenvalue weighted by molar-refractivity contribution is 1.34. The molecule has 0 fully saturated rings. The molecule has 0 saturated heterocycles. The summed E-state index contributed by atoms with van der Waals surface area (Å²) in [4.78, 5) is 0. The number of rotatable bonds is 1. The maximum Gasteiger partial charge on any atom is -0.00242 e. The van der Waals surface area contributed by atoms with Gasteiger partial charge in [-0.1, -0.05) is 61.2 Å². The van der Waals surface area contributed by atoms with E-state index in [1.54, 1.807) is 6.92 Å². The lowest BCUT2D eigenvalue weighted by Crippen LogP contribution is -1.83. The normalized spacial score (nSPS) is 8.78. The minimum atomic E-state index is 0. The predicted molar refractivity (Wildman–Crippen MR) is 82.7 cm³/mol. The van der Waals surface area contributed by atoms with Crippen LogP contribution >= 0.6 is 0 Å². The van der Waals surface area contributed by atoms with Gasteiger partial charge in [0.25, 0.3) is 0 Å². The van der Waals surface area contributed by atoms with E-state index in [2.05, 4.69) is 55.6 Å². The summed E-state index contributed by atoms with van der Waals surface area (Å²) in [5.74, 6) is 0. The summed E-state index contributed by atoms with van der Waals surface area (Å²) in [6.45, 7) is 11.1. The lowest BCUT2D eigenvalue weighted by Gasteiger charge is -2.04. The zero-order chi connectivity index (χ0) is 12.8. The van der Waals surface area contributed by atoms with Crippen LogP contribution in [0.5, 0.6) is 0 Å². The molecule has 2 aromatic carbocycles. The fraction of sp³-hybridized carbons (Fsp3) is 0.125. The molecular weight excluding hydrogens is 220 g/mol. The molecule has 0 atom stereocenters. The molecule has 2 rings (SSSR count). The van der Waals surface area contributed by atoms with Crippen LogP contribution < -0.4 is 11.9 Å². The average molecular weight is 242 g/mol. The Morgan fingerprint density at radius 1 is 0.944 bits per heavy atom. The first-order valence-corrected chi connectivity index (χ1v) is 5.57. The minimum absolute atomic E-state index is 0. The summed E-state index contributed by atoms with van der Waals surface area (Å²) in [6.07, 6.45) is 0. The van der Waals surface area contributed by atoms with Crippen molar-refractivity contribution in [2.75, 3.05) is 0 Å². The molecule has 0 aromatic heterocycles. The van der Waals surface area contributed by atoms with Crippen molar-refractivity contribution in [3.05, 3.63) is 66.9 Å². The van der Waals surface area contributed by atoms with Crippen LogP contribution in [0.15, 0.2) is 61.3 Å². The van der Waals surface area contributed by atoms with Crippen molar-refractivity contribution in [2.24, 2.45) is 5.73 Å². The maximum absolute atomic E-state index is 4.92. The van der Waals surface area contributed by atoms with Gasteiger partial charge < -0.3 is 11.9 Å². The first kappa shape index (κ1) is 15.9. The van der Waals surface area contributed by atoms with Crippen molar-refractivity contribution < 1.29 is 0 Å². The van der Waals surface area contributed by atoms with Gasteiger partial charge in [-0.25, -0.2) is 0 Å². The molecule has 96 valence electrons. The van der Waals surface area contributed by atoms with Crippen molar-refractivity contribution in [3.63, 3.8) is 0 Å². The molecule has 2 nitrogen and oxygen atoms in total. The Morgan fingerprint density at radius 2 is 1.44 bits per heavy atom. The molecule has 0 heterocycles. The third-order valence-corrected chi connectivity index (χ3v) is 2.25. The second-order valence-corrected chi connectivity index (χ2v) is 4.15. The van der Waals surface area contributed by atoms with Crippen LogP contribution in [-0.4, -0.2) is 0 Å². The molecule has 0 bridgehead atoms. The number of hydrogen-bond donors (Lipinski definition) is 2. The highest BCUT2D eigenvalue weighted by Gasteiger charge is 1.98. The summed E-state index contributed by atoms with van der Waals surface area (Å²) in [6, 6.07) is 14.7. The van der Waals surface area contributed by atoms with Gasteiger partial charge in [0, 0.05) is 0 Å². The highest BCUT2D eigenvalue weighted by Crippen LogP contribution is 2.23. The summed E-state index contributed by atoms with van der Waals surface area (Å²) in [5, 5.41) is 2.57. The van der Waals surface area contributed by atoms with E-state index >= 15 is 0 Å². The molecule has 0 radical (unpaired) electrons. The molecule has 0 amide bonds. The van der Waals surface area contributed by atoms with Crippen LogP contribution in [0, 0.1) is 0 Å². The van der Waals surface area contributed by atoms with Crippen molar-refractivity contribution in [1.29, 1.82) is 0 Å². The third kappa shape index (κ3) is 4.44. The monoisotopic (exact) mass is 242 g/mol. The largest absolute Gasteiger partial charge is 0.403 e. The maximum atomic E-state index is 4.92. The van der Waals surface area contributed by atoms with Crippen molar-refractivity contribution >= 4 is 16.3 Å². The number of hydrogen-bond acceptors (Lipinski definition) is 2. The van der Waals surface area contributed by atoms with Gasteiger partial charge in [0.15, 0.2) is 0 Å². The zero-order valence-electron chi connectivity index (χ0n) is 11.2. The van der Waals surface area contributed by atoms with E-state index < -0.39 is 0 Å². The molecule has 0 aliphatic heterocycles. The van der Waals surface area contributed by atoms with Gasteiger partial charge in [0.1, 0.15) is 0 Å². The summed E-state index contributed by atoms with van der Waals surface area (Å²) in [5.41, 5.74) is 7.95. The minimum Gasteiger partial charge on any atom is -0.403 e. The zero-order valence-corrected chi connectivity index (χ0v) is 11.2. The Hall–Kier alpha value is -2.06. The molecular formula is C16H22N2. The van der Waals surface area contributed by atoms with E-state index in [1.807, 2.05) is 6.92 Å². The Labute approximate surface area is 109 Å². The molecule has 0 saturated carbocycles.